The summed E-state index contributed by atoms with van der Waals surface area (Å²) in [7, 11) is 0. The van der Waals surface area contributed by atoms with Gasteiger partial charge in [0.25, 0.3) is 0 Å². The first-order chi connectivity index (χ1) is 17.0. The third-order valence-corrected chi connectivity index (χ3v) is 6.63. The number of amides is 1. The van der Waals surface area contributed by atoms with E-state index in [9.17, 15) is 9.59 Å². The van der Waals surface area contributed by atoms with E-state index in [0.29, 0.717) is 16.3 Å². The van der Waals surface area contributed by atoms with Crippen LogP contribution < -0.4 is 34.9 Å². The van der Waals surface area contributed by atoms with Gasteiger partial charge in [-0.1, -0.05) is 96.7 Å². The maximum atomic E-state index is 12.5. The fraction of sp³-hybridized carbons (Fsp3) is 0.179. The number of halogens is 1. The topological polar surface area (TPSA) is 111 Å². The maximum absolute atomic E-state index is 12.5. The van der Waals surface area contributed by atoms with Crippen molar-refractivity contribution in [3.8, 4) is 22.4 Å². The second-order valence-electron chi connectivity index (χ2n) is 8.56. The number of hydrogen-bond acceptors (Lipinski definition) is 6. The summed E-state index contributed by atoms with van der Waals surface area (Å²) < 4.78 is 10.9. The van der Waals surface area contributed by atoms with Gasteiger partial charge in [-0.05, 0) is 24.1 Å². The molecule has 5 rings (SSSR count). The SMILES string of the molecule is C[C@@H](OC(=O)Nc1ocnc1-c1ccc(-c2ccc(C3([C-]=O)CC3)cc2)cc1)c1ccccc1Cl.[Na+].[OH-]. The van der Waals surface area contributed by atoms with Crippen LogP contribution in [0.3, 0.4) is 0 Å². The van der Waals surface area contributed by atoms with E-state index in [0.717, 1.165) is 35.1 Å². The van der Waals surface area contributed by atoms with E-state index in [1.54, 1.807) is 19.1 Å². The second-order valence-corrected chi connectivity index (χ2v) is 8.97. The van der Waals surface area contributed by atoms with E-state index in [2.05, 4.69) is 16.6 Å². The van der Waals surface area contributed by atoms with Gasteiger partial charge in [0.15, 0.2) is 6.39 Å². The zero-order valence-electron chi connectivity index (χ0n) is 20.4. The van der Waals surface area contributed by atoms with Crippen molar-refractivity contribution in [3.05, 3.63) is 95.3 Å². The molecule has 1 heterocycles. The molecule has 1 aliphatic rings. The molecular weight excluding hydrogens is 503 g/mol. The number of benzene rings is 3. The van der Waals surface area contributed by atoms with Gasteiger partial charge >= 0.3 is 35.7 Å². The summed E-state index contributed by atoms with van der Waals surface area (Å²) in [5.74, 6) is 0.193. The molecule has 7 nitrogen and oxygen atoms in total. The van der Waals surface area contributed by atoms with Gasteiger partial charge < -0.3 is 19.4 Å². The molecule has 0 unspecified atom stereocenters. The molecule has 4 aromatic rings. The van der Waals surface area contributed by atoms with Crippen LogP contribution >= 0.6 is 11.6 Å². The Morgan fingerprint density at radius 3 is 2.22 bits per heavy atom. The van der Waals surface area contributed by atoms with Crippen molar-refractivity contribution in [2.45, 2.75) is 31.3 Å². The van der Waals surface area contributed by atoms with Crippen LogP contribution in [0.2, 0.25) is 5.02 Å². The molecule has 2 N–H and O–H groups in total. The predicted molar refractivity (Wildman–Crippen MR) is 136 cm³/mol. The minimum absolute atomic E-state index is 0. The summed E-state index contributed by atoms with van der Waals surface area (Å²) >= 11 is 6.19. The van der Waals surface area contributed by atoms with Crippen LogP contribution in [-0.2, 0) is 14.9 Å². The number of carbonyl (C=O) groups excluding carboxylic acids is 2. The van der Waals surface area contributed by atoms with Gasteiger partial charge in [-0.25, -0.2) is 9.78 Å². The number of nitrogens with one attached hydrogen (secondary N) is 1. The molecular formula is C28H23ClN2NaO5-. The molecule has 1 amide bonds. The third-order valence-electron chi connectivity index (χ3n) is 6.28. The molecule has 1 aliphatic carbocycles. The first-order valence-corrected chi connectivity index (χ1v) is 11.6. The predicted octanol–water partition coefficient (Wildman–Crippen LogP) is 3.94. The fourth-order valence-corrected chi connectivity index (χ4v) is 4.36. The van der Waals surface area contributed by atoms with E-state index in [1.165, 1.54) is 6.39 Å². The molecule has 0 spiro atoms. The normalized spacial score (nSPS) is 13.9. The fourth-order valence-electron chi connectivity index (χ4n) is 4.07. The number of oxazole rings is 1. The molecule has 0 saturated heterocycles. The number of carbonyl (C=O) groups is 1. The zero-order chi connectivity index (χ0) is 24.4. The average molecular weight is 526 g/mol. The Hall–Kier alpha value is -2.94. The Labute approximate surface area is 241 Å². The van der Waals surface area contributed by atoms with Crippen LogP contribution in [-0.4, -0.2) is 22.8 Å². The number of rotatable bonds is 7. The first kappa shape index (κ1) is 28.6. The Balaban J connectivity index is 0.00000190. The van der Waals surface area contributed by atoms with E-state index < -0.39 is 17.6 Å². The summed E-state index contributed by atoms with van der Waals surface area (Å²) in [6, 6.07) is 23.0. The van der Waals surface area contributed by atoms with Crippen molar-refractivity contribution in [2.24, 2.45) is 0 Å². The molecule has 9 heteroatoms. The molecule has 1 fully saturated rings. The molecule has 37 heavy (non-hydrogen) atoms. The summed E-state index contributed by atoms with van der Waals surface area (Å²) in [5.41, 5.74) is 4.66. The molecule has 3 aromatic carbocycles. The van der Waals surface area contributed by atoms with Gasteiger partial charge in [-0.3, -0.25) is 11.6 Å². The standard InChI is InChI=1S/C28H22ClN2O4.Na.H2O/c1-18(23-4-2-3-5-24(23)29)35-27(33)31-26-25(30-17-34-26)21-8-6-19(7-9-21)20-10-12-22(13-11-20)28(16-32)14-15-28;;/h2-13,17-18H,14-15H2,1H3,(H,31,33);;1H2/q-1;+1;/p-1/t18-;;/m1../s1. The van der Waals surface area contributed by atoms with Crippen LogP contribution in [0.5, 0.6) is 0 Å². The summed E-state index contributed by atoms with van der Waals surface area (Å²) in [6.07, 6.45) is 3.97. The van der Waals surface area contributed by atoms with E-state index in [4.69, 9.17) is 20.8 Å². The molecule has 1 saturated carbocycles. The summed E-state index contributed by atoms with van der Waals surface area (Å²) in [6.45, 7) is 1.75. The van der Waals surface area contributed by atoms with Crippen molar-refractivity contribution in [3.63, 3.8) is 0 Å². The van der Waals surface area contributed by atoms with Crippen molar-refractivity contribution >= 4 is 29.9 Å². The maximum Gasteiger partial charge on any atom is 1.00 e. The van der Waals surface area contributed by atoms with Gasteiger partial charge in [-0.2, -0.15) is 0 Å². The van der Waals surface area contributed by atoms with Crippen LogP contribution in [0.1, 0.15) is 37.0 Å². The molecule has 1 aromatic heterocycles. The van der Waals surface area contributed by atoms with Crippen LogP contribution in [0, 0.1) is 0 Å². The zero-order valence-corrected chi connectivity index (χ0v) is 23.2. The number of nitrogens with zero attached hydrogens (tertiary/aromatic N) is 1. The smallest absolute Gasteiger partial charge is 0.870 e. The van der Waals surface area contributed by atoms with E-state index in [-0.39, 0.29) is 40.9 Å². The quantitative estimate of drug-likeness (QED) is 0.289. The van der Waals surface area contributed by atoms with Gasteiger partial charge in [-0.15, -0.1) is 5.41 Å². The van der Waals surface area contributed by atoms with Crippen LogP contribution in [0.15, 0.2) is 83.6 Å². The Bertz CT molecular complexity index is 1370. The number of aromatic nitrogens is 1. The van der Waals surface area contributed by atoms with Crippen molar-refractivity contribution in [2.75, 3.05) is 5.32 Å². The number of hydrogen-bond donors (Lipinski definition) is 1. The molecule has 0 bridgehead atoms. The summed E-state index contributed by atoms with van der Waals surface area (Å²) in [5, 5.41) is 3.15. The van der Waals surface area contributed by atoms with Gasteiger partial charge in [0.2, 0.25) is 5.88 Å². The third kappa shape index (κ3) is 6.14. The van der Waals surface area contributed by atoms with Crippen LogP contribution in [0.4, 0.5) is 10.7 Å². The van der Waals surface area contributed by atoms with Gasteiger partial charge in [0.05, 0.1) is 0 Å². The van der Waals surface area contributed by atoms with Crippen LogP contribution in [0.25, 0.3) is 22.4 Å². The minimum Gasteiger partial charge on any atom is -0.870 e. The van der Waals surface area contributed by atoms with Crippen molar-refractivity contribution < 1.29 is 53.8 Å². The monoisotopic (exact) mass is 525 g/mol. The molecule has 0 radical (unpaired) electrons. The van der Waals surface area contributed by atoms with Crippen molar-refractivity contribution in [1.29, 1.82) is 0 Å². The second kappa shape index (κ2) is 12.1. The van der Waals surface area contributed by atoms with Crippen molar-refractivity contribution in [1.82, 2.24) is 4.98 Å². The minimum atomic E-state index is -0.673. The molecule has 0 aliphatic heterocycles. The first-order valence-electron chi connectivity index (χ1n) is 11.3. The number of ether oxygens (including phenoxy) is 1. The Morgan fingerprint density at radius 1 is 1.03 bits per heavy atom. The largest absolute Gasteiger partial charge is 1.00 e. The summed E-state index contributed by atoms with van der Waals surface area (Å²) in [4.78, 5) is 28.0. The number of anilines is 1. The average Bonchev–Trinajstić information content (AvgIpc) is 3.56. The Morgan fingerprint density at radius 2 is 1.62 bits per heavy atom. The van der Waals surface area contributed by atoms with E-state index in [1.807, 2.05) is 60.7 Å². The Kier molecular flexibility index (Phi) is 9.34. The van der Waals surface area contributed by atoms with Gasteiger partial charge in [0, 0.05) is 16.1 Å². The van der Waals surface area contributed by atoms with E-state index >= 15 is 0 Å². The van der Waals surface area contributed by atoms with Gasteiger partial charge in [0.1, 0.15) is 11.8 Å². The molecule has 1 atom stereocenters. The molecule has 184 valence electrons.